The molecule has 0 unspecified atom stereocenters. The van der Waals surface area contributed by atoms with E-state index in [1.807, 2.05) is 12.1 Å². The molecule has 12 heterocycles. The van der Waals surface area contributed by atoms with Crippen LogP contribution in [-0.2, 0) is 59.7 Å². The van der Waals surface area contributed by atoms with Gasteiger partial charge < -0.3 is 47.2 Å². The molecule has 9 N–H and O–H groups in total. The van der Waals surface area contributed by atoms with E-state index < -0.39 is 29.3 Å². The van der Waals surface area contributed by atoms with Gasteiger partial charge in [-0.05, 0) is 156 Å². The molecule has 12 aromatic rings. The van der Waals surface area contributed by atoms with Crippen LogP contribution in [0.1, 0.15) is 146 Å². The fourth-order valence-corrected chi connectivity index (χ4v) is 13.9. The first-order valence-electron chi connectivity index (χ1n) is 36.3. The molecule has 3 aliphatic heterocycles. The van der Waals surface area contributed by atoms with Gasteiger partial charge in [-0.1, -0.05) is 82.3 Å². The van der Waals surface area contributed by atoms with Crippen molar-refractivity contribution in [3.05, 3.63) is 247 Å². The molecule has 3 aliphatic rings. The Morgan fingerprint density at radius 2 is 0.809 bits per heavy atom. The highest BCUT2D eigenvalue weighted by Gasteiger charge is 2.38. The summed E-state index contributed by atoms with van der Waals surface area (Å²) in [4.78, 5) is 80.6. The van der Waals surface area contributed by atoms with Crippen molar-refractivity contribution < 1.29 is 24.1 Å². The molecule has 0 radical (unpaired) electrons. The zero-order chi connectivity index (χ0) is 78.7. The summed E-state index contributed by atoms with van der Waals surface area (Å²) in [6.45, 7) is 37.0. The van der Waals surface area contributed by atoms with E-state index >= 15 is 0 Å². The standard InChI is InChI=1S/2C28H33N7O2.C25H25F2N7O2/c2*1-7-13-34-25(36)20-15-29-26(31-18-11-12-21-19(14-18)17(2)30-16-27(21,3)4)33-24(20)35(34)23-10-8-9-22(32-23)28(5,6)37;1-4-10-33-22(35)17-13-29-23(30-16-8-9-18-15(11-16)12-28-14-25(18,26)27)32-21(17)34(33)20-7-5-6-19(31-20)24(2,3)36/h2*7-12,14-15,17,30,37H,1,13,16H2,2-6H3,(H,29,31,33);4-9,11,13,28,36H,1,10,12,14H2,2-3H3,(H,29,30,32)/t2*17-;/m10./s1. The summed E-state index contributed by atoms with van der Waals surface area (Å²) in [7, 11) is 0. The zero-order valence-electron chi connectivity index (χ0n) is 63.6. The van der Waals surface area contributed by atoms with Crippen LogP contribution in [0.4, 0.5) is 43.7 Å². The zero-order valence-corrected chi connectivity index (χ0v) is 63.6. The molecular formula is C81H91F2N21O6. The molecule has 0 amide bonds. The Kier molecular flexibility index (Phi) is 20.5. The van der Waals surface area contributed by atoms with E-state index in [-0.39, 0.29) is 76.1 Å². The van der Waals surface area contributed by atoms with E-state index in [2.05, 4.69) is 152 Å². The number of benzene rings is 3. The molecule has 15 rings (SSSR count). The molecular weight excluding hydrogens is 1400 g/mol. The minimum Gasteiger partial charge on any atom is -0.384 e. The topological polar surface area (TPSA) is 330 Å². The summed E-state index contributed by atoms with van der Waals surface area (Å²) in [5, 5.41) is 52.0. The summed E-state index contributed by atoms with van der Waals surface area (Å²) in [6.07, 6.45) is 9.36. The second-order valence-electron chi connectivity index (χ2n) is 30.7. The van der Waals surface area contributed by atoms with Crippen LogP contribution in [0.15, 0.2) is 180 Å². The van der Waals surface area contributed by atoms with Crippen LogP contribution in [0.3, 0.4) is 0 Å². The van der Waals surface area contributed by atoms with Crippen molar-refractivity contribution in [3.63, 3.8) is 0 Å². The maximum Gasteiger partial charge on any atom is 0.285 e. The molecule has 0 saturated carbocycles. The number of halogens is 2. The summed E-state index contributed by atoms with van der Waals surface area (Å²) in [5.41, 5.74) is 6.21. The summed E-state index contributed by atoms with van der Waals surface area (Å²) in [5.74, 6) is -0.701. The number of rotatable bonds is 18. The molecule has 0 spiro atoms. The second-order valence-corrected chi connectivity index (χ2v) is 30.7. The number of nitrogens with zero attached hydrogens (tertiary/aromatic N) is 15. The molecule has 0 aliphatic carbocycles. The van der Waals surface area contributed by atoms with Gasteiger partial charge in [-0.25, -0.2) is 58.0 Å². The number of hydrogen-bond acceptors (Lipinski definition) is 21. The van der Waals surface area contributed by atoms with E-state index in [4.69, 9.17) is 9.97 Å². The molecule has 0 bridgehead atoms. The fourth-order valence-electron chi connectivity index (χ4n) is 13.9. The van der Waals surface area contributed by atoms with Gasteiger partial charge in [0.15, 0.2) is 34.4 Å². The van der Waals surface area contributed by atoms with Crippen molar-refractivity contribution in [1.82, 2.24) is 88.9 Å². The summed E-state index contributed by atoms with van der Waals surface area (Å²) >= 11 is 0. The van der Waals surface area contributed by atoms with Crippen molar-refractivity contribution in [3.8, 4) is 17.5 Å². The normalized spacial score (nSPS) is 16.3. The molecule has 0 fully saturated rings. The van der Waals surface area contributed by atoms with Gasteiger partial charge in [0, 0.05) is 83.8 Å². The fraction of sp³-hybridized carbons (Fsp3) is 0.333. The van der Waals surface area contributed by atoms with Crippen LogP contribution in [0.5, 0.6) is 0 Å². The van der Waals surface area contributed by atoms with E-state index in [9.17, 15) is 38.5 Å². The van der Waals surface area contributed by atoms with Crippen LogP contribution in [0, 0.1) is 0 Å². The van der Waals surface area contributed by atoms with E-state index in [1.165, 1.54) is 61.0 Å². The largest absolute Gasteiger partial charge is 0.384 e. The minimum atomic E-state index is -2.93. The van der Waals surface area contributed by atoms with Gasteiger partial charge in [-0.2, -0.15) is 23.7 Å². The van der Waals surface area contributed by atoms with Crippen molar-refractivity contribution >= 4 is 68.0 Å². The predicted octanol–water partition coefficient (Wildman–Crippen LogP) is 11.5. The number of nitrogens with one attached hydrogen (secondary N) is 6. The molecule has 3 aromatic carbocycles. The van der Waals surface area contributed by atoms with E-state index in [0.29, 0.717) is 91.9 Å². The van der Waals surface area contributed by atoms with Gasteiger partial charge in [0.05, 0.1) is 43.3 Å². The monoisotopic (exact) mass is 1490 g/mol. The number of allylic oxidation sites excluding steroid dienone is 3. The quantitative estimate of drug-likeness (QED) is 0.0360. The highest BCUT2D eigenvalue weighted by Crippen LogP contribution is 2.40. The SMILES string of the molecule is C=CCn1c(=O)c2cnc(Nc3ccc4c(c3)CNCC4(F)F)nc2n1-c1cccc(C(C)(C)O)n1.C=CCn1c(=O)c2cnc(Nc3ccc4c(c3)[C@@H](C)NCC4(C)C)nc2n1-c1cccc(C(C)(C)O)n1.C=CCn1c(=O)c2cnc(Nc3ccc4c(c3)[C@H](C)NCC4(C)C)nc2n1-c1cccc(C(C)(C)O)n1. The average molecular weight is 1490 g/mol. The Hall–Kier alpha value is -11.6. The van der Waals surface area contributed by atoms with Crippen molar-refractivity contribution in [2.24, 2.45) is 0 Å². The molecule has 570 valence electrons. The number of alkyl halides is 2. The van der Waals surface area contributed by atoms with Crippen LogP contribution >= 0.6 is 0 Å². The maximum absolute atomic E-state index is 14.2. The van der Waals surface area contributed by atoms with Crippen molar-refractivity contribution in [1.29, 1.82) is 0 Å². The Labute approximate surface area is 633 Å². The lowest BCUT2D eigenvalue weighted by atomic mass is 9.77. The lowest BCUT2D eigenvalue weighted by Gasteiger charge is -2.37. The summed E-state index contributed by atoms with van der Waals surface area (Å²) in [6, 6.07) is 33.5. The first kappa shape index (κ1) is 76.6. The van der Waals surface area contributed by atoms with Gasteiger partial charge >= 0.3 is 0 Å². The van der Waals surface area contributed by atoms with Crippen LogP contribution in [0.2, 0.25) is 0 Å². The van der Waals surface area contributed by atoms with E-state index in [1.54, 1.807) is 141 Å². The number of aliphatic hydroxyl groups is 3. The number of pyridine rings is 3. The minimum absolute atomic E-state index is 0.00345. The molecule has 9 aromatic heterocycles. The number of aromatic nitrogens is 15. The smallest absolute Gasteiger partial charge is 0.285 e. The lowest BCUT2D eigenvalue weighted by molar-refractivity contribution is -0.0107. The maximum atomic E-state index is 14.2. The summed E-state index contributed by atoms with van der Waals surface area (Å²) < 4.78 is 37.7. The molecule has 27 nitrogen and oxygen atoms in total. The van der Waals surface area contributed by atoms with E-state index in [0.717, 1.165) is 24.5 Å². The first-order chi connectivity index (χ1) is 52.1. The van der Waals surface area contributed by atoms with Gasteiger partial charge in [0.2, 0.25) is 17.8 Å². The number of anilines is 6. The van der Waals surface area contributed by atoms with Gasteiger partial charge in [-0.15, -0.1) is 19.7 Å². The molecule has 0 saturated heterocycles. The lowest BCUT2D eigenvalue weighted by Crippen LogP contribution is -2.40. The number of fused-ring (bicyclic) bond motifs is 6. The Morgan fingerprint density at radius 1 is 0.482 bits per heavy atom. The number of hydrogen-bond donors (Lipinski definition) is 9. The first-order valence-corrected chi connectivity index (χ1v) is 36.3. The van der Waals surface area contributed by atoms with Gasteiger partial charge in [-0.3, -0.25) is 14.4 Å². The van der Waals surface area contributed by atoms with Crippen LogP contribution in [0.25, 0.3) is 50.6 Å². The highest BCUT2D eigenvalue weighted by atomic mass is 19.3. The highest BCUT2D eigenvalue weighted by molar-refractivity contribution is 5.79. The second kappa shape index (κ2) is 29.4. The van der Waals surface area contributed by atoms with Crippen molar-refractivity contribution in [2.75, 3.05) is 35.6 Å². The van der Waals surface area contributed by atoms with Gasteiger partial charge in [0.1, 0.15) is 33.0 Å². The van der Waals surface area contributed by atoms with Crippen molar-refractivity contribution in [2.45, 2.75) is 155 Å². The Balaban J connectivity index is 0.000000145. The van der Waals surface area contributed by atoms with Crippen LogP contribution in [-0.4, -0.2) is 108 Å². The van der Waals surface area contributed by atoms with Crippen LogP contribution < -0.4 is 48.6 Å². The molecule has 2 atom stereocenters. The third kappa shape index (κ3) is 15.2. The molecule has 29 heteroatoms. The predicted molar refractivity (Wildman–Crippen MR) is 423 cm³/mol. The van der Waals surface area contributed by atoms with Gasteiger partial charge in [0.25, 0.3) is 22.6 Å². The molecule has 110 heavy (non-hydrogen) atoms. The third-order valence-corrected chi connectivity index (χ3v) is 19.8. The Bertz CT molecular complexity index is 5530. The Morgan fingerprint density at radius 3 is 1.14 bits per heavy atom. The average Bonchev–Trinajstić information content (AvgIpc) is 1.57. The third-order valence-electron chi connectivity index (χ3n) is 19.8.